The molecule has 0 atom stereocenters. The van der Waals surface area contributed by atoms with Gasteiger partial charge in [-0.25, -0.2) is 8.78 Å². The third-order valence-electron chi connectivity index (χ3n) is 3.85. The molecule has 0 saturated carbocycles. The molecule has 1 N–H and O–H groups in total. The fraction of sp³-hybridized carbons (Fsp3) is 0.562. The molecule has 0 amide bonds. The van der Waals surface area contributed by atoms with Gasteiger partial charge >= 0.3 is 0 Å². The van der Waals surface area contributed by atoms with E-state index < -0.39 is 5.82 Å². The number of hydrogen-bond donors (Lipinski definition) is 1. The van der Waals surface area contributed by atoms with Crippen LogP contribution in [0.4, 0.5) is 14.5 Å². The largest absolute Gasteiger partial charge is 0.366 e. The minimum Gasteiger partial charge on any atom is -0.366 e. The zero-order valence-electron chi connectivity index (χ0n) is 13.3. The Morgan fingerprint density at radius 2 is 1.95 bits per heavy atom. The molecule has 22 heavy (non-hydrogen) atoms. The molecule has 0 spiro atoms. The van der Waals surface area contributed by atoms with Gasteiger partial charge < -0.3 is 15.1 Å². The molecule has 0 radical (unpaired) electrons. The predicted molar refractivity (Wildman–Crippen MR) is 86.4 cm³/mol. The highest BCUT2D eigenvalue weighted by molar-refractivity contribution is 5.80. The zero-order chi connectivity index (χ0) is 15.9. The number of hydrogen-bond acceptors (Lipinski definition) is 2. The Hall–Kier alpha value is -1.85. The topological polar surface area (TPSA) is 30.9 Å². The maximum absolute atomic E-state index is 13.8. The quantitative estimate of drug-likeness (QED) is 0.526. The maximum atomic E-state index is 13.8. The van der Waals surface area contributed by atoms with E-state index in [-0.39, 0.29) is 5.82 Å². The van der Waals surface area contributed by atoms with E-state index in [1.807, 2.05) is 4.90 Å². The van der Waals surface area contributed by atoms with Gasteiger partial charge in [-0.1, -0.05) is 13.3 Å². The molecule has 1 aliphatic rings. The molecule has 1 saturated heterocycles. The molecular formula is C16H24F2N4. The van der Waals surface area contributed by atoms with E-state index in [4.69, 9.17) is 0 Å². The molecule has 0 aliphatic carbocycles. The summed E-state index contributed by atoms with van der Waals surface area (Å²) in [5.74, 6) is 0.101. The summed E-state index contributed by atoms with van der Waals surface area (Å²) in [4.78, 5) is 8.33. The van der Waals surface area contributed by atoms with Gasteiger partial charge in [-0.2, -0.15) is 0 Å². The van der Waals surface area contributed by atoms with Crippen molar-refractivity contribution in [3.63, 3.8) is 0 Å². The summed E-state index contributed by atoms with van der Waals surface area (Å²) < 4.78 is 27.1. The highest BCUT2D eigenvalue weighted by Crippen LogP contribution is 2.21. The average Bonchev–Trinajstić information content (AvgIpc) is 2.54. The Kier molecular flexibility index (Phi) is 5.98. The molecule has 122 valence electrons. The van der Waals surface area contributed by atoms with Crippen LogP contribution in [0.15, 0.2) is 23.2 Å². The third kappa shape index (κ3) is 4.08. The molecular weight excluding hydrogens is 286 g/mol. The van der Waals surface area contributed by atoms with Crippen LogP contribution in [0.5, 0.6) is 0 Å². The normalized spacial score (nSPS) is 16.1. The van der Waals surface area contributed by atoms with Crippen LogP contribution in [-0.2, 0) is 0 Å². The van der Waals surface area contributed by atoms with Crippen LogP contribution in [0, 0.1) is 11.6 Å². The summed E-state index contributed by atoms with van der Waals surface area (Å²) in [6.45, 7) is 5.83. The molecule has 0 bridgehead atoms. The first kappa shape index (κ1) is 16.5. The van der Waals surface area contributed by atoms with Gasteiger partial charge in [0.05, 0.1) is 5.69 Å². The minimum atomic E-state index is -0.407. The van der Waals surface area contributed by atoms with E-state index in [9.17, 15) is 8.78 Å². The van der Waals surface area contributed by atoms with Crippen molar-refractivity contribution in [1.82, 2.24) is 10.2 Å². The standard InChI is InChI=1S/C16H24F2N4/c1-3-4-7-20-16(19-2)22-10-8-21(9-11-22)15-12-13(17)5-6-14(15)18/h5-6,12H,3-4,7-11H2,1-2H3,(H,19,20). The van der Waals surface area contributed by atoms with Crippen LogP contribution in [-0.4, -0.2) is 50.6 Å². The van der Waals surface area contributed by atoms with Crippen molar-refractivity contribution in [3.05, 3.63) is 29.8 Å². The lowest BCUT2D eigenvalue weighted by molar-refractivity contribution is 0.370. The molecule has 2 rings (SSSR count). The van der Waals surface area contributed by atoms with Crippen LogP contribution in [0.2, 0.25) is 0 Å². The smallest absolute Gasteiger partial charge is 0.193 e. The Morgan fingerprint density at radius 1 is 1.23 bits per heavy atom. The van der Waals surface area contributed by atoms with Crippen LogP contribution < -0.4 is 10.2 Å². The number of nitrogens with one attached hydrogen (secondary N) is 1. The first-order valence-corrected chi connectivity index (χ1v) is 7.81. The van der Waals surface area contributed by atoms with Crippen molar-refractivity contribution in [2.75, 3.05) is 44.7 Å². The first-order chi connectivity index (χ1) is 10.7. The number of benzene rings is 1. The minimum absolute atomic E-state index is 0.341. The van der Waals surface area contributed by atoms with Crippen molar-refractivity contribution in [1.29, 1.82) is 0 Å². The van der Waals surface area contributed by atoms with E-state index in [0.717, 1.165) is 44.5 Å². The van der Waals surface area contributed by atoms with Gasteiger partial charge in [0.2, 0.25) is 0 Å². The summed E-state index contributed by atoms with van der Waals surface area (Å²) in [6, 6.07) is 3.59. The number of nitrogens with zero attached hydrogens (tertiary/aromatic N) is 3. The second-order valence-corrected chi connectivity index (χ2v) is 5.40. The van der Waals surface area contributed by atoms with Crippen LogP contribution >= 0.6 is 0 Å². The molecule has 6 heteroatoms. The van der Waals surface area contributed by atoms with Gasteiger partial charge in [0.25, 0.3) is 0 Å². The van der Waals surface area contributed by atoms with Crippen molar-refractivity contribution in [2.24, 2.45) is 4.99 Å². The van der Waals surface area contributed by atoms with Crippen molar-refractivity contribution < 1.29 is 8.78 Å². The van der Waals surface area contributed by atoms with Gasteiger partial charge in [0.1, 0.15) is 11.6 Å². The molecule has 0 aromatic heterocycles. The van der Waals surface area contributed by atoms with E-state index in [0.29, 0.717) is 18.8 Å². The second kappa shape index (κ2) is 7.96. The maximum Gasteiger partial charge on any atom is 0.193 e. The summed E-state index contributed by atoms with van der Waals surface area (Å²) >= 11 is 0. The molecule has 1 heterocycles. The Balaban J connectivity index is 1.93. The average molecular weight is 310 g/mol. The van der Waals surface area contributed by atoms with Crippen LogP contribution in [0.1, 0.15) is 19.8 Å². The van der Waals surface area contributed by atoms with Gasteiger partial charge in [-0.15, -0.1) is 0 Å². The van der Waals surface area contributed by atoms with Gasteiger partial charge in [0, 0.05) is 45.8 Å². The van der Waals surface area contributed by atoms with E-state index in [1.54, 1.807) is 7.05 Å². The molecule has 1 aromatic carbocycles. The van der Waals surface area contributed by atoms with Gasteiger partial charge in [0.15, 0.2) is 5.96 Å². The van der Waals surface area contributed by atoms with Crippen molar-refractivity contribution in [2.45, 2.75) is 19.8 Å². The molecule has 1 aliphatic heterocycles. The highest BCUT2D eigenvalue weighted by atomic mass is 19.1. The Morgan fingerprint density at radius 3 is 2.59 bits per heavy atom. The van der Waals surface area contributed by atoms with Crippen molar-refractivity contribution >= 4 is 11.6 Å². The fourth-order valence-corrected chi connectivity index (χ4v) is 2.60. The van der Waals surface area contributed by atoms with Gasteiger partial charge in [-0.3, -0.25) is 4.99 Å². The zero-order valence-corrected chi connectivity index (χ0v) is 13.3. The molecule has 0 unspecified atom stereocenters. The summed E-state index contributed by atoms with van der Waals surface area (Å²) in [5, 5.41) is 3.34. The molecule has 1 fully saturated rings. The second-order valence-electron chi connectivity index (χ2n) is 5.40. The van der Waals surface area contributed by atoms with E-state index in [1.165, 1.54) is 12.1 Å². The van der Waals surface area contributed by atoms with Crippen molar-refractivity contribution in [3.8, 4) is 0 Å². The number of piperazine rings is 1. The Bertz CT molecular complexity index is 511. The monoisotopic (exact) mass is 310 g/mol. The van der Waals surface area contributed by atoms with Gasteiger partial charge in [-0.05, 0) is 18.6 Å². The number of unbranched alkanes of at least 4 members (excludes halogenated alkanes) is 1. The number of aliphatic imine (C=N–C) groups is 1. The molecule has 4 nitrogen and oxygen atoms in total. The SMILES string of the molecule is CCCCNC(=NC)N1CCN(c2cc(F)ccc2F)CC1. The third-order valence-corrected chi connectivity index (χ3v) is 3.85. The molecule has 1 aromatic rings. The van der Waals surface area contributed by atoms with E-state index in [2.05, 4.69) is 22.1 Å². The summed E-state index contributed by atoms with van der Waals surface area (Å²) in [7, 11) is 1.77. The first-order valence-electron chi connectivity index (χ1n) is 7.81. The number of halogens is 2. The van der Waals surface area contributed by atoms with E-state index >= 15 is 0 Å². The predicted octanol–water partition coefficient (Wildman–Crippen LogP) is 2.46. The lowest BCUT2D eigenvalue weighted by Gasteiger charge is -2.37. The number of rotatable bonds is 4. The van der Waals surface area contributed by atoms with Crippen LogP contribution in [0.3, 0.4) is 0 Å². The lowest BCUT2D eigenvalue weighted by atomic mass is 10.2. The number of guanidine groups is 1. The highest BCUT2D eigenvalue weighted by Gasteiger charge is 2.21. The fourth-order valence-electron chi connectivity index (χ4n) is 2.60. The summed E-state index contributed by atoms with van der Waals surface area (Å²) in [5.41, 5.74) is 0.341. The summed E-state index contributed by atoms with van der Waals surface area (Å²) in [6.07, 6.45) is 2.24. The Labute approximate surface area is 130 Å². The number of anilines is 1. The lowest BCUT2D eigenvalue weighted by Crippen LogP contribution is -2.52. The van der Waals surface area contributed by atoms with Crippen LogP contribution in [0.25, 0.3) is 0 Å².